The van der Waals surface area contributed by atoms with Crippen molar-refractivity contribution in [2.24, 2.45) is 0 Å². The van der Waals surface area contributed by atoms with Gasteiger partial charge in [0.25, 0.3) is 5.91 Å². The van der Waals surface area contributed by atoms with E-state index in [9.17, 15) is 4.79 Å². The van der Waals surface area contributed by atoms with Gasteiger partial charge in [-0.15, -0.1) is 0 Å². The molecule has 0 radical (unpaired) electrons. The van der Waals surface area contributed by atoms with Crippen molar-refractivity contribution < 1.29 is 9.90 Å². The van der Waals surface area contributed by atoms with Crippen molar-refractivity contribution in [3.05, 3.63) is 29.0 Å². The van der Waals surface area contributed by atoms with Gasteiger partial charge in [0.2, 0.25) is 0 Å². The first kappa shape index (κ1) is 14.3. The van der Waals surface area contributed by atoms with E-state index < -0.39 is 0 Å². The number of pyridine rings is 1. The van der Waals surface area contributed by atoms with Gasteiger partial charge in [-0.3, -0.25) is 4.79 Å². The number of aliphatic hydroxyl groups excluding tert-OH is 1. The lowest BCUT2D eigenvalue weighted by molar-refractivity contribution is 0.0935. The van der Waals surface area contributed by atoms with Crippen LogP contribution in [-0.2, 0) is 0 Å². The fourth-order valence-electron chi connectivity index (χ4n) is 1.33. The Morgan fingerprint density at radius 2 is 2.35 bits per heavy atom. The molecule has 4 nitrogen and oxygen atoms in total. The largest absolute Gasteiger partial charge is 0.395 e. The van der Waals surface area contributed by atoms with E-state index in [0.717, 1.165) is 0 Å². The number of aliphatic hydroxyl groups is 1. The second kappa shape index (κ2) is 6.83. The van der Waals surface area contributed by atoms with Crippen LogP contribution in [0.1, 0.15) is 17.3 Å². The Balaban J connectivity index is 2.62. The van der Waals surface area contributed by atoms with Crippen molar-refractivity contribution in [2.45, 2.75) is 18.2 Å². The summed E-state index contributed by atoms with van der Waals surface area (Å²) in [6.45, 7) is 1.89. The summed E-state index contributed by atoms with van der Waals surface area (Å²) in [4.78, 5) is 15.7. The standard InChI is InChI=1S/C11H15ClN2O2S/c1-7(9(6-15)17-2)14-11(16)8-3-4-10(12)13-5-8/h3-5,7,9,15H,6H2,1-2H3,(H,14,16). The Labute approximate surface area is 110 Å². The summed E-state index contributed by atoms with van der Waals surface area (Å²) in [6.07, 6.45) is 3.32. The van der Waals surface area contributed by atoms with Gasteiger partial charge in [-0.2, -0.15) is 11.8 Å². The van der Waals surface area contributed by atoms with Crippen LogP contribution in [-0.4, -0.2) is 40.2 Å². The van der Waals surface area contributed by atoms with Gasteiger partial charge in [0.15, 0.2) is 0 Å². The summed E-state index contributed by atoms with van der Waals surface area (Å²) in [5.74, 6) is -0.214. The van der Waals surface area contributed by atoms with Crippen molar-refractivity contribution >= 4 is 29.3 Å². The zero-order chi connectivity index (χ0) is 12.8. The van der Waals surface area contributed by atoms with Crippen LogP contribution in [0.5, 0.6) is 0 Å². The number of hydrogen-bond acceptors (Lipinski definition) is 4. The third-order valence-electron chi connectivity index (χ3n) is 2.39. The van der Waals surface area contributed by atoms with Crippen LogP contribution in [0.4, 0.5) is 0 Å². The number of amides is 1. The molecule has 1 amide bonds. The van der Waals surface area contributed by atoms with E-state index in [1.807, 2.05) is 13.2 Å². The van der Waals surface area contributed by atoms with Gasteiger partial charge in [0.1, 0.15) is 5.15 Å². The van der Waals surface area contributed by atoms with Crippen LogP contribution in [0, 0.1) is 0 Å². The molecule has 0 saturated heterocycles. The highest BCUT2D eigenvalue weighted by molar-refractivity contribution is 7.99. The number of halogens is 1. The zero-order valence-electron chi connectivity index (χ0n) is 9.68. The van der Waals surface area contributed by atoms with E-state index in [-0.39, 0.29) is 23.8 Å². The Morgan fingerprint density at radius 1 is 1.65 bits per heavy atom. The average molecular weight is 275 g/mol. The second-order valence-electron chi connectivity index (χ2n) is 3.59. The highest BCUT2D eigenvalue weighted by Gasteiger charge is 2.18. The third kappa shape index (κ3) is 4.18. The molecule has 1 rings (SSSR count). The van der Waals surface area contributed by atoms with Crippen molar-refractivity contribution in [1.82, 2.24) is 10.3 Å². The van der Waals surface area contributed by atoms with Gasteiger partial charge in [0, 0.05) is 17.5 Å². The molecular formula is C11H15ClN2O2S. The van der Waals surface area contributed by atoms with Gasteiger partial charge >= 0.3 is 0 Å². The summed E-state index contributed by atoms with van der Waals surface area (Å²) >= 11 is 7.15. The number of thioether (sulfide) groups is 1. The molecule has 2 unspecified atom stereocenters. The normalized spacial score (nSPS) is 14.1. The van der Waals surface area contributed by atoms with E-state index >= 15 is 0 Å². The molecule has 0 spiro atoms. The summed E-state index contributed by atoms with van der Waals surface area (Å²) in [7, 11) is 0. The quantitative estimate of drug-likeness (QED) is 0.801. The van der Waals surface area contributed by atoms with E-state index in [4.69, 9.17) is 16.7 Å². The van der Waals surface area contributed by atoms with Crippen molar-refractivity contribution in [2.75, 3.05) is 12.9 Å². The van der Waals surface area contributed by atoms with Crippen LogP contribution in [0.25, 0.3) is 0 Å². The highest BCUT2D eigenvalue weighted by atomic mass is 35.5. The van der Waals surface area contributed by atoms with Crippen LogP contribution in [0.15, 0.2) is 18.3 Å². The van der Waals surface area contributed by atoms with Gasteiger partial charge in [-0.05, 0) is 25.3 Å². The predicted molar refractivity (Wildman–Crippen MR) is 70.6 cm³/mol. The fraction of sp³-hybridized carbons (Fsp3) is 0.455. The van der Waals surface area contributed by atoms with E-state index in [1.165, 1.54) is 18.0 Å². The summed E-state index contributed by atoms with van der Waals surface area (Å²) < 4.78 is 0. The lowest BCUT2D eigenvalue weighted by Gasteiger charge is -2.21. The van der Waals surface area contributed by atoms with E-state index in [2.05, 4.69) is 10.3 Å². The fourth-order valence-corrected chi connectivity index (χ4v) is 2.07. The molecule has 0 bridgehead atoms. The number of nitrogens with one attached hydrogen (secondary N) is 1. The summed E-state index contributed by atoms with van der Waals surface area (Å²) in [5, 5.41) is 12.3. The molecule has 94 valence electrons. The number of aromatic nitrogens is 1. The Hall–Kier alpha value is -0.780. The summed E-state index contributed by atoms with van der Waals surface area (Å²) in [6, 6.07) is 3.07. The highest BCUT2D eigenvalue weighted by Crippen LogP contribution is 2.11. The van der Waals surface area contributed by atoms with Gasteiger partial charge in [-0.25, -0.2) is 4.98 Å². The topological polar surface area (TPSA) is 62.2 Å². The molecule has 1 aromatic rings. The van der Waals surface area contributed by atoms with E-state index in [0.29, 0.717) is 10.7 Å². The lowest BCUT2D eigenvalue weighted by Crippen LogP contribution is -2.41. The van der Waals surface area contributed by atoms with Crippen molar-refractivity contribution in [3.63, 3.8) is 0 Å². The van der Waals surface area contributed by atoms with Crippen LogP contribution in [0.2, 0.25) is 5.15 Å². The first-order valence-electron chi connectivity index (χ1n) is 5.14. The molecule has 0 saturated carbocycles. The number of nitrogens with zero attached hydrogens (tertiary/aromatic N) is 1. The smallest absolute Gasteiger partial charge is 0.253 e. The Kier molecular flexibility index (Phi) is 5.74. The number of carbonyl (C=O) groups excluding carboxylic acids is 1. The molecule has 2 N–H and O–H groups in total. The number of hydrogen-bond donors (Lipinski definition) is 2. The molecule has 0 aromatic carbocycles. The van der Waals surface area contributed by atoms with Gasteiger partial charge < -0.3 is 10.4 Å². The maximum Gasteiger partial charge on any atom is 0.253 e. The molecule has 6 heteroatoms. The van der Waals surface area contributed by atoms with Crippen molar-refractivity contribution in [1.29, 1.82) is 0 Å². The van der Waals surface area contributed by atoms with Gasteiger partial charge in [0.05, 0.1) is 12.2 Å². The van der Waals surface area contributed by atoms with Crippen molar-refractivity contribution in [3.8, 4) is 0 Å². The minimum absolute atomic E-state index is 0.0146. The molecule has 1 aromatic heterocycles. The molecule has 1 heterocycles. The molecule has 0 aliphatic carbocycles. The number of rotatable bonds is 5. The molecule has 0 fully saturated rings. The first-order chi connectivity index (χ1) is 8.08. The Morgan fingerprint density at radius 3 is 2.82 bits per heavy atom. The SMILES string of the molecule is CSC(CO)C(C)NC(=O)c1ccc(Cl)nc1. The Bertz CT molecular complexity index is 368. The lowest BCUT2D eigenvalue weighted by atomic mass is 10.2. The first-order valence-corrected chi connectivity index (χ1v) is 6.81. The van der Waals surface area contributed by atoms with E-state index in [1.54, 1.807) is 12.1 Å². The molecule has 0 aliphatic rings. The third-order valence-corrected chi connectivity index (χ3v) is 3.78. The minimum atomic E-state index is -0.214. The zero-order valence-corrected chi connectivity index (χ0v) is 11.3. The van der Waals surface area contributed by atoms with Gasteiger partial charge in [-0.1, -0.05) is 11.6 Å². The molecule has 17 heavy (non-hydrogen) atoms. The van der Waals surface area contributed by atoms with Crippen LogP contribution in [0.3, 0.4) is 0 Å². The second-order valence-corrected chi connectivity index (χ2v) is 5.05. The minimum Gasteiger partial charge on any atom is -0.395 e. The number of carbonyl (C=O) groups is 1. The molecule has 2 atom stereocenters. The van der Waals surface area contributed by atoms with Crippen LogP contribution >= 0.6 is 23.4 Å². The average Bonchev–Trinajstić information content (AvgIpc) is 2.31. The monoisotopic (exact) mass is 274 g/mol. The predicted octanol–water partition coefficient (Wildman–Crippen LogP) is 1.58. The molecular weight excluding hydrogens is 260 g/mol. The van der Waals surface area contributed by atoms with Crippen LogP contribution < -0.4 is 5.32 Å². The molecule has 0 aliphatic heterocycles. The maximum absolute atomic E-state index is 11.8. The summed E-state index contributed by atoms with van der Waals surface area (Å²) in [5.41, 5.74) is 0.457. The maximum atomic E-state index is 11.8.